The minimum atomic E-state index is 0.0391. The van der Waals surface area contributed by atoms with Crippen molar-refractivity contribution in [3.05, 3.63) is 75.0 Å². The first-order valence-corrected chi connectivity index (χ1v) is 11.8. The number of likely N-dealkylation sites (tertiary alicyclic amines) is 1. The average Bonchev–Trinajstić information content (AvgIpc) is 3.31. The van der Waals surface area contributed by atoms with Gasteiger partial charge in [0.25, 0.3) is 5.56 Å². The van der Waals surface area contributed by atoms with Gasteiger partial charge in [0.1, 0.15) is 0 Å². The minimum absolute atomic E-state index is 0.0391. The zero-order chi connectivity index (χ0) is 20.3. The molecular formula is C24H28N4OS. The van der Waals surface area contributed by atoms with Crippen molar-refractivity contribution < 1.29 is 0 Å². The summed E-state index contributed by atoms with van der Waals surface area (Å²) in [7, 11) is 0. The van der Waals surface area contributed by atoms with E-state index in [0.717, 1.165) is 54.7 Å². The van der Waals surface area contributed by atoms with Gasteiger partial charge >= 0.3 is 0 Å². The van der Waals surface area contributed by atoms with Crippen LogP contribution in [0, 0.1) is 5.92 Å². The van der Waals surface area contributed by atoms with Crippen molar-refractivity contribution >= 4 is 11.3 Å². The van der Waals surface area contributed by atoms with Crippen LogP contribution in [-0.4, -0.2) is 45.9 Å². The number of benzene rings is 1. The van der Waals surface area contributed by atoms with Crippen LogP contribution in [0.4, 0.5) is 0 Å². The molecule has 0 spiro atoms. The van der Waals surface area contributed by atoms with Crippen LogP contribution in [-0.2, 0) is 19.5 Å². The molecule has 2 aromatic heterocycles. The van der Waals surface area contributed by atoms with Crippen molar-refractivity contribution in [1.82, 2.24) is 19.8 Å². The maximum absolute atomic E-state index is 12.5. The first-order chi connectivity index (χ1) is 14.7. The van der Waals surface area contributed by atoms with Gasteiger partial charge in [-0.2, -0.15) is 0 Å². The summed E-state index contributed by atoms with van der Waals surface area (Å²) in [6.45, 7) is 6.27. The Bertz CT molecular complexity index is 1020. The third-order valence-electron chi connectivity index (χ3n) is 6.38. The van der Waals surface area contributed by atoms with Gasteiger partial charge in [-0.3, -0.25) is 14.6 Å². The molecule has 0 atom stereocenters. The number of aromatic nitrogens is 2. The second-order valence-corrected chi connectivity index (χ2v) is 9.46. The van der Waals surface area contributed by atoms with E-state index >= 15 is 0 Å². The van der Waals surface area contributed by atoms with Crippen LogP contribution in [0.5, 0.6) is 0 Å². The van der Waals surface area contributed by atoms with Crippen LogP contribution < -0.4 is 5.56 Å². The molecule has 1 fully saturated rings. The average molecular weight is 421 g/mol. The fraction of sp³-hybridized carbons (Fsp3) is 0.417. The lowest BCUT2D eigenvalue weighted by atomic mass is 9.94. The van der Waals surface area contributed by atoms with E-state index in [1.807, 2.05) is 17.5 Å². The Labute approximate surface area is 181 Å². The maximum Gasteiger partial charge on any atom is 0.254 e. The van der Waals surface area contributed by atoms with Crippen molar-refractivity contribution in [2.75, 3.05) is 26.2 Å². The number of nitrogens with one attached hydrogen (secondary N) is 1. The molecule has 5 nitrogen and oxygen atoms in total. The lowest BCUT2D eigenvalue weighted by Crippen LogP contribution is -2.41. The summed E-state index contributed by atoms with van der Waals surface area (Å²) in [4.78, 5) is 26.5. The van der Waals surface area contributed by atoms with Crippen LogP contribution in [0.1, 0.15) is 29.7 Å². The second-order valence-electron chi connectivity index (χ2n) is 8.51. The van der Waals surface area contributed by atoms with Gasteiger partial charge in [-0.25, -0.2) is 4.98 Å². The standard InChI is InChI=1S/C24H28N4OS/c29-24-20-10-13-28(17-21(20)25-23(26-24)22-7-4-14-30-22)16-19-8-11-27(12-9-19)15-18-5-2-1-3-6-18/h1-7,14,19H,8-13,15-17H2,(H,25,26,29). The highest BCUT2D eigenvalue weighted by Gasteiger charge is 2.26. The summed E-state index contributed by atoms with van der Waals surface area (Å²) < 4.78 is 0. The van der Waals surface area contributed by atoms with Crippen LogP contribution >= 0.6 is 11.3 Å². The Kier molecular flexibility index (Phi) is 5.79. The van der Waals surface area contributed by atoms with Crippen molar-refractivity contribution in [2.24, 2.45) is 5.92 Å². The summed E-state index contributed by atoms with van der Waals surface area (Å²) in [5, 5.41) is 2.02. The maximum atomic E-state index is 12.5. The van der Waals surface area contributed by atoms with Crippen molar-refractivity contribution in [2.45, 2.75) is 32.4 Å². The molecule has 2 aliphatic heterocycles. The number of nitrogens with zero attached hydrogens (tertiary/aromatic N) is 3. The van der Waals surface area contributed by atoms with E-state index in [0.29, 0.717) is 5.82 Å². The normalized spacial score (nSPS) is 18.4. The Morgan fingerprint density at radius 3 is 2.63 bits per heavy atom. The molecule has 0 saturated carbocycles. The summed E-state index contributed by atoms with van der Waals surface area (Å²) >= 11 is 1.61. The zero-order valence-corrected chi connectivity index (χ0v) is 18.0. The highest BCUT2D eigenvalue weighted by Crippen LogP contribution is 2.25. The first kappa shape index (κ1) is 19.7. The Morgan fingerprint density at radius 1 is 1.03 bits per heavy atom. The number of thiophene rings is 1. The summed E-state index contributed by atoms with van der Waals surface area (Å²) in [6, 6.07) is 14.8. The quantitative estimate of drug-likeness (QED) is 0.683. The molecule has 30 heavy (non-hydrogen) atoms. The molecule has 4 heterocycles. The molecule has 1 N–H and O–H groups in total. The third-order valence-corrected chi connectivity index (χ3v) is 7.26. The number of hydrogen-bond acceptors (Lipinski definition) is 5. The van der Waals surface area contributed by atoms with Gasteiger partial charge in [0.2, 0.25) is 0 Å². The molecule has 5 rings (SSSR count). The topological polar surface area (TPSA) is 52.2 Å². The first-order valence-electron chi connectivity index (χ1n) is 10.9. The lowest BCUT2D eigenvalue weighted by Gasteiger charge is -2.36. The monoisotopic (exact) mass is 420 g/mol. The highest BCUT2D eigenvalue weighted by molar-refractivity contribution is 7.13. The molecule has 0 unspecified atom stereocenters. The van der Waals surface area contributed by atoms with Gasteiger partial charge in [0.15, 0.2) is 5.82 Å². The molecule has 156 valence electrons. The molecule has 1 aromatic carbocycles. The fourth-order valence-electron chi connectivity index (χ4n) is 4.71. The molecule has 0 bridgehead atoms. The summed E-state index contributed by atoms with van der Waals surface area (Å²) in [5.41, 5.74) is 3.29. The van der Waals surface area contributed by atoms with E-state index in [4.69, 9.17) is 4.98 Å². The van der Waals surface area contributed by atoms with Gasteiger partial charge < -0.3 is 4.98 Å². The van der Waals surface area contributed by atoms with Gasteiger partial charge in [0.05, 0.1) is 10.6 Å². The van der Waals surface area contributed by atoms with Crippen LogP contribution in [0.3, 0.4) is 0 Å². The number of hydrogen-bond donors (Lipinski definition) is 1. The SMILES string of the molecule is O=c1[nH]c(-c2cccs2)nc2c1CCN(CC1CCN(Cc3ccccc3)CC1)C2. The van der Waals surface area contributed by atoms with E-state index < -0.39 is 0 Å². The number of fused-ring (bicyclic) bond motifs is 1. The minimum Gasteiger partial charge on any atom is -0.306 e. The Balaban J connectivity index is 1.19. The van der Waals surface area contributed by atoms with Crippen LogP contribution in [0.15, 0.2) is 52.6 Å². The predicted molar refractivity (Wildman–Crippen MR) is 122 cm³/mol. The highest BCUT2D eigenvalue weighted by atomic mass is 32.1. The smallest absolute Gasteiger partial charge is 0.254 e. The second kappa shape index (κ2) is 8.84. The van der Waals surface area contributed by atoms with E-state index in [1.165, 1.54) is 31.5 Å². The number of aromatic amines is 1. The molecule has 2 aliphatic rings. The number of H-pyrrole nitrogens is 1. The van der Waals surface area contributed by atoms with Gasteiger partial charge in [0, 0.05) is 31.7 Å². The zero-order valence-electron chi connectivity index (χ0n) is 17.2. The van der Waals surface area contributed by atoms with Crippen LogP contribution in [0.2, 0.25) is 0 Å². The molecule has 0 aliphatic carbocycles. The third kappa shape index (κ3) is 4.41. The van der Waals surface area contributed by atoms with E-state index in [1.54, 1.807) is 11.3 Å². The number of rotatable bonds is 5. The number of piperidine rings is 1. The van der Waals surface area contributed by atoms with E-state index in [2.05, 4.69) is 45.1 Å². The van der Waals surface area contributed by atoms with Crippen molar-refractivity contribution in [3.8, 4) is 10.7 Å². The molecule has 0 radical (unpaired) electrons. The molecule has 0 amide bonds. The molecular weight excluding hydrogens is 392 g/mol. The van der Waals surface area contributed by atoms with E-state index in [-0.39, 0.29) is 5.56 Å². The van der Waals surface area contributed by atoms with Gasteiger partial charge in [-0.15, -0.1) is 11.3 Å². The van der Waals surface area contributed by atoms with Crippen molar-refractivity contribution in [3.63, 3.8) is 0 Å². The Hall–Kier alpha value is -2.28. The van der Waals surface area contributed by atoms with Gasteiger partial charge in [-0.05, 0) is 55.3 Å². The van der Waals surface area contributed by atoms with Crippen molar-refractivity contribution in [1.29, 1.82) is 0 Å². The lowest BCUT2D eigenvalue weighted by molar-refractivity contribution is 0.131. The predicted octanol–water partition coefficient (Wildman–Crippen LogP) is 3.77. The van der Waals surface area contributed by atoms with Crippen LogP contribution in [0.25, 0.3) is 10.7 Å². The van der Waals surface area contributed by atoms with Gasteiger partial charge in [-0.1, -0.05) is 36.4 Å². The Morgan fingerprint density at radius 2 is 1.87 bits per heavy atom. The molecule has 1 saturated heterocycles. The largest absolute Gasteiger partial charge is 0.306 e. The summed E-state index contributed by atoms with van der Waals surface area (Å²) in [6.07, 6.45) is 3.30. The fourth-order valence-corrected chi connectivity index (χ4v) is 5.38. The molecule has 6 heteroatoms. The summed E-state index contributed by atoms with van der Waals surface area (Å²) in [5.74, 6) is 1.45. The molecule has 3 aromatic rings. The van der Waals surface area contributed by atoms with E-state index in [9.17, 15) is 4.79 Å².